The molecule has 0 unspecified atom stereocenters. The predicted octanol–water partition coefficient (Wildman–Crippen LogP) is 2.51. The third-order valence-corrected chi connectivity index (χ3v) is 8.90. The highest BCUT2D eigenvalue weighted by Crippen LogP contribution is 2.27. The van der Waals surface area contributed by atoms with Gasteiger partial charge in [0.1, 0.15) is 5.75 Å². The van der Waals surface area contributed by atoms with Gasteiger partial charge in [0.05, 0.1) is 14.8 Å². The van der Waals surface area contributed by atoms with Gasteiger partial charge in [0.2, 0.25) is 20.0 Å². The van der Waals surface area contributed by atoms with Crippen molar-refractivity contribution in [3.05, 3.63) is 53.1 Å². The summed E-state index contributed by atoms with van der Waals surface area (Å²) in [5, 5.41) is 2.76. The van der Waals surface area contributed by atoms with E-state index in [1.807, 2.05) is 6.92 Å². The highest BCUT2D eigenvalue weighted by Gasteiger charge is 2.26. The van der Waals surface area contributed by atoms with Crippen molar-refractivity contribution in [1.29, 1.82) is 0 Å². The maximum atomic E-state index is 12.6. The standard InChI is InChI=1S/C22H28ClN3O6S2/c1-2-11-25-33(28,29)19-9-10-21(20(23)14-19)32-16-22(27)24-15-17-5-7-18(8-6-17)34(30,31)26-12-3-4-13-26/h5-10,14,25H,2-4,11-13,15-16H2,1H3,(H,24,27). The molecule has 1 heterocycles. The van der Waals surface area contributed by atoms with E-state index in [4.69, 9.17) is 16.3 Å². The Morgan fingerprint density at radius 1 is 1.03 bits per heavy atom. The molecule has 2 aromatic carbocycles. The van der Waals surface area contributed by atoms with Gasteiger partial charge in [0.25, 0.3) is 5.91 Å². The van der Waals surface area contributed by atoms with Crippen LogP contribution in [0.3, 0.4) is 0 Å². The second-order valence-corrected chi connectivity index (χ2v) is 11.9. The fourth-order valence-electron chi connectivity index (χ4n) is 3.34. The topological polar surface area (TPSA) is 122 Å². The molecule has 0 radical (unpaired) electrons. The Kier molecular flexibility index (Phi) is 8.94. The average molecular weight is 530 g/mol. The molecule has 0 bridgehead atoms. The summed E-state index contributed by atoms with van der Waals surface area (Å²) in [5.74, 6) is -0.228. The van der Waals surface area contributed by atoms with Gasteiger partial charge in [-0.05, 0) is 55.2 Å². The van der Waals surface area contributed by atoms with Crippen molar-refractivity contribution in [2.45, 2.75) is 42.5 Å². The number of hydrogen-bond acceptors (Lipinski definition) is 6. The monoisotopic (exact) mass is 529 g/mol. The molecule has 0 saturated carbocycles. The van der Waals surface area contributed by atoms with Gasteiger partial charge in [0, 0.05) is 26.2 Å². The van der Waals surface area contributed by atoms with Crippen LogP contribution < -0.4 is 14.8 Å². The number of carbonyl (C=O) groups is 1. The lowest BCUT2D eigenvalue weighted by Crippen LogP contribution is -2.29. The number of amides is 1. The van der Waals surface area contributed by atoms with Gasteiger partial charge in [0.15, 0.2) is 6.61 Å². The third kappa shape index (κ3) is 6.70. The molecular formula is C22H28ClN3O6S2. The summed E-state index contributed by atoms with van der Waals surface area (Å²) < 4.78 is 58.8. The van der Waals surface area contributed by atoms with Crippen LogP contribution in [0.1, 0.15) is 31.7 Å². The van der Waals surface area contributed by atoms with Crippen LogP contribution in [0.4, 0.5) is 0 Å². The van der Waals surface area contributed by atoms with Gasteiger partial charge in [-0.2, -0.15) is 4.31 Å². The zero-order valence-corrected chi connectivity index (χ0v) is 21.2. The zero-order valence-electron chi connectivity index (χ0n) is 18.8. The minimum absolute atomic E-state index is 0.0120. The summed E-state index contributed by atoms with van der Waals surface area (Å²) in [6.07, 6.45) is 2.40. The Bertz CT molecular complexity index is 1210. The summed E-state index contributed by atoms with van der Waals surface area (Å²) in [7, 11) is -7.13. The normalized spacial score (nSPS) is 14.8. The van der Waals surface area contributed by atoms with Crippen LogP contribution in [-0.4, -0.2) is 53.3 Å². The number of ether oxygens (including phenoxy) is 1. The Morgan fingerprint density at radius 3 is 2.29 bits per heavy atom. The molecule has 9 nitrogen and oxygen atoms in total. The maximum Gasteiger partial charge on any atom is 0.258 e. The molecule has 1 fully saturated rings. The van der Waals surface area contributed by atoms with Crippen LogP contribution in [0.2, 0.25) is 5.02 Å². The molecule has 1 aliphatic heterocycles. The zero-order chi connectivity index (χ0) is 24.8. The van der Waals surface area contributed by atoms with E-state index in [2.05, 4.69) is 10.0 Å². The second-order valence-electron chi connectivity index (χ2n) is 7.81. The minimum atomic E-state index is -3.66. The van der Waals surface area contributed by atoms with E-state index in [0.717, 1.165) is 18.4 Å². The van der Waals surface area contributed by atoms with Crippen LogP contribution in [0.15, 0.2) is 52.3 Å². The minimum Gasteiger partial charge on any atom is -0.482 e. The van der Waals surface area contributed by atoms with Crippen molar-refractivity contribution >= 4 is 37.6 Å². The Hall–Kier alpha value is -2.18. The summed E-state index contributed by atoms with van der Waals surface area (Å²) in [6, 6.07) is 10.4. The Balaban J connectivity index is 1.51. The highest BCUT2D eigenvalue weighted by atomic mass is 35.5. The summed E-state index contributed by atoms with van der Waals surface area (Å²) >= 11 is 6.12. The maximum absolute atomic E-state index is 12.6. The van der Waals surface area contributed by atoms with Crippen LogP contribution in [0.25, 0.3) is 0 Å². The van der Waals surface area contributed by atoms with E-state index in [-0.39, 0.29) is 33.7 Å². The molecule has 34 heavy (non-hydrogen) atoms. The summed E-state index contributed by atoms with van der Waals surface area (Å²) in [6.45, 7) is 3.13. The van der Waals surface area contributed by atoms with Crippen molar-refractivity contribution in [3.8, 4) is 5.75 Å². The second kappa shape index (κ2) is 11.5. The first kappa shape index (κ1) is 26.4. The van der Waals surface area contributed by atoms with Crippen LogP contribution in [-0.2, 0) is 31.4 Å². The van der Waals surface area contributed by atoms with Gasteiger partial charge in [-0.1, -0.05) is 30.7 Å². The van der Waals surface area contributed by atoms with Gasteiger partial charge in [-0.25, -0.2) is 21.6 Å². The first-order valence-electron chi connectivity index (χ1n) is 10.9. The van der Waals surface area contributed by atoms with E-state index in [0.29, 0.717) is 26.1 Å². The van der Waals surface area contributed by atoms with E-state index in [1.165, 1.54) is 34.6 Å². The SMILES string of the molecule is CCCNS(=O)(=O)c1ccc(OCC(=O)NCc2ccc(S(=O)(=O)N3CCCC3)cc2)c(Cl)c1. The number of nitrogens with zero attached hydrogens (tertiary/aromatic N) is 1. The lowest BCUT2D eigenvalue weighted by molar-refractivity contribution is -0.123. The Labute approximate surface area is 205 Å². The number of benzene rings is 2. The summed E-state index contributed by atoms with van der Waals surface area (Å²) in [5.41, 5.74) is 0.737. The van der Waals surface area contributed by atoms with Gasteiger partial charge < -0.3 is 10.1 Å². The molecule has 2 aromatic rings. The number of hydrogen-bond donors (Lipinski definition) is 2. The van der Waals surface area contributed by atoms with Crippen molar-refractivity contribution < 1.29 is 26.4 Å². The molecule has 1 amide bonds. The molecule has 0 atom stereocenters. The fourth-order valence-corrected chi connectivity index (χ4v) is 6.31. The molecule has 2 N–H and O–H groups in total. The van der Waals surface area contributed by atoms with E-state index in [9.17, 15) is 21.6 Å². The van der Waals surface area contributed by atoms with Crippen LogP contribution in [0.5, 0.6) is 5.75 Å². The van der Waals surface area contributed by atoms with Crippen molar-refractivity contribution in [3.63, 3.8) is 0 Å². The fraction of sp³-hybridized carbons (Fsp3) is 0.409. The first-order valence-corrected chi connectivity index (χ1v) is 14.2. The third-order valence-electron chi connectivity index (χ3n) is 5.23. The average Bonchev–Trinajstić information content (AvgIpc) is 3.37. The molecule has 3 rings (SSSR count). The number of rotatable bonds is 11. The molecule has 0 spiro atoms. The van der Waals surface area contributed by atoms with Gasteiger partial charge in [-0.15, -0.1) is 0 Å². The molecule has 186 valence electrons. The van der Waals surface area contributed by atoms with Crippen LogP contribution >= 0.6 is 11.6 Å². The molecule has 12 heteroatoms. The largest absolute Gasteiger partial charge is 0.482 e. The quantitative estimate of drug-likeness (QED) is 0.461. The number of carbonyl (C=O) groups excluding carboxylic acids is 1. The molecule has 0 aliphatic carbocycles. The van der Waals surface area contributed by atoms with Crippen molar-refractivity contribution in [2.24, 2.45) is 0 Å². The highest BCUT2D eigenvalue weighted by molar-refractivity contribution is 7.89. The number of nitrogens with one attached hydrogen (secondary N) is 2. The van der Waals surface area contributed by atoms with Gasteiger partial charge >= 0.3 is 0 Å². The van der Waals surface area contributed by atoms with Gasteiger partial charge in [-0.3, -0.25) is 4.79 Å². The lowest BCUT2D eigenvalue weighted by Gasteiger charge is -2.15. The molecular weight excluding hydrogens is 502 g/mol. The Morgan fingerprint density at radius 2 is 1.68 bits per heavy atom. The molecule has 1 aliphatic rings. The summed E-state index contributed by atoms with van der Waals surface area (Å²) in [4.78, 5) is 12.4. The molecule has 1 saturated heterocycles. The van der Waals surface area contributed by atoms with E-state index in [1.54, 1.807) is 12.1 Å². The van der Waals surface area contributed by atoms with Crippen molar-refractivity contribution in [1.82, 2.24) is 14.3 Å². The molecule has 0 aromatic heterocycles. The predicted molar refractivity (Wildman–Crippen MR) is 129 cm³/mol. The number of sulfonamides is 2. The van der Waals surface area contributed by atoms with Crippen LogP contribution in [0, 0.1) is 0 Å². The lowest BCUT2D eigenvalue weighted by atomic mass is 10.2. The first-order chi connectivity index (χ1) is 16.1. The smallest absolute Gasteiger partial charge is 0.258 e. The van der Waals surface area contributed by atoms with Crippen molar-refractivity contribution in [2.75, 3.05) is 26.2 Å². The van der Waals surface area contributed by atoms with E-state index >= 15 is 0 Å². The van der Waals surface area contributed by atoms with E-state index < -0.39 is 26.0 Å². The number of halogens is 1.